The van der Waals surface area contributed by atoms with E-state index in [2.05, 4.69) is 9.97 Å². The summed E-state index contributed by atoms with van der Waals surface area (Å²) in [5, 5.41) is 0. The van der Waals surface area contributed by atoms with Gasteiger partial charge in [0.1, 0.15) is 0 Å². The third kappa shape index (κ3) is 2.22. The second-order valence-electron chi connectivity index (χ2n) is 6.40. The van der Waals surface area contributed by atoms with Crippen molar-refractivity contribution in [3.8, 4) is 0 Å². The Morgan fingerprint density at radius 1 is 1.05 bits per heavy atom. The minimum Gasteiger partial charge on any atom is -0.399 e. The molecule has 0 amide bonds. The standard InChI is InChI=1S/C15H18BFN2O2/c1-9-13(17)19-12-10(7-6-8-11(12)18-9)16-20-14(2,3)15(4,5)21-16/h6-8H,1-5H3. The van der Waals surface area contributed by atoms with E-state index in [1.165, 1.54) is 0 Å². The molecule has 0 atom stereocenters. The molecule has 110 valence electrons. The average Bonchev–Trinajstić information content (AvgIpc) is 2.59. The first-order valence-electron chi connectivity index (χ1n) is 7.00. The fraction of sp³-hybridized carbons (Fsp3) is 0.467. The van der Waals surface area contributed by atoms with Crippen LogP contribution in [0.3, 0.4) is 0 Å². The first-order chi connectivity index (χ1) is 9.71. The van der Waals surface area contributed by atoms with Gasteiger partial charge in [0.25, 0.3) is 0 Å². The van der Waals surface area contributed by atoms with Crippen molar-refractivity contribution in [1.29, 1.82) is 0 Å². The Hall–Kier alpha value is -1.53. The minimum atomic E-state index is -0.574. The van der Waals surface area contributed by atoms with Gasteiger partial charge in [0.05, 0.1) is 27.9 Å². The molecule has 4 nitrogen and oxygen atoms in total. The molecule has 1 aromatic heterocycles. The Bertz CT molecular complexity index is 702. The minimum absolute atomic E-state index is 0.286. The van der Waals surface area contributed by atoms with E-state index in [9.17, 15) is 4.39 Å². The van der Waals surface area contributed by atoms with E-state index in [-0.39, 0.29) is 5.69 Å². The predicted molar refractivity (Wildman–Crippen MR) is 79.9 cm³/mol. The molecule has 2 heterocycles. The number of aryl methyl sites for hydroxylation is 1. The van der Waals surface area contributed by atoms with Crippen LogP contribution in [0.2, 0.25) is 0 Å². The summed E-state index contributed by atoms with van der Waals surface area (Å²) in [6.45, 7) is 9.52. The number of rotatable bonds is 1. The van der Waals surface area contributed by atoms with Crippen molar-refractivity contribution in [2.45, 2.75) is 45.8 Å². The lowest BCUT2D eigenvalue weighted by molar-refractivity contribution is 0.00578. The van der Waals surface area contributed by atoms with Crippen LogP contribution in [0.5, 0.6) is 0 Å². The number of hydrogen-bond acceptors (Lipinski definition) is 4. The van der Waals surface area contributed by atoms with E-state index < -0.39 is 24.3 Å². The molecule has 0 N–H and O–H groups in total. The number of hydrogen-bond donors (Lipinski definition) is 0. The van der Waals surface area contributed by atoms with Gasteiger partial charge in [0.15, 0.2) is 0 Å². The first-order valence-corrected chi connectivity index (χ1v) is 7.00. The van der Waals surface area contributed by atoms with Crippen LogP contribution in [0.4, 0.5) is 4.39 Å². The van der Waals surface area contributed by atoms with Crippen LogP contribution in [0.15, 0.2) is 18.2 Å². The van der Waals surface area contributed by atoms with Crippen LogP contribution in [-0.2, 0) is 9.31 Å². The van der Waals surface area contributed by atoms with Crippen LogP contribution < -0.4 is 5.46 Å². The van der Waals surface area contributed by atoms with E-state index in [1.54, 1.807) is 6.92 Å². The van der Waals surface area contributed by atoms with E-state index >= 15 is 0 Å². The largest absolute Gasteiger partial charge is 0.497 e. The first kappa shape index (κ1) is 14.4. The summed E-state index contributed by atoms with van der Waals surface area (Å²) in [5.74, 6) is -0.563. The van der Waals surface area contributed by atoms with Gasteiger partial charge in [-0.1, -0.05) is 12.1 Å². The Morgan fingerprint density at radius 2 is 1.67 bits per heavy atom. The van der Waals surface area contributed by atoms with Crippen LogP contribution >= 0.6 is 0 Å². The summed E-state index contributed by atoms with van der Waals surface area (Å²) < 4.78 is 25.8. The van der Waals surface area contributed by atoms with Crippen molar-refractivity contribution in [2.75, 3.05) is 0 Å². The van der Waals surface area contributed by atoms with Gasteiger partial charge < -0.3 is 9.31 Å². The van der Waals surface area contributed by atoms with E-state index in [1.807, 2.05) is 45.9 Å². The van der Waals surface area contributed by atoms with Crippen LogP contribution in [-0.4, -0.2) is 28.3 Å². The van der Waals surface area contributed by atoms with Crippen molar-refractivity contribution >= 4 is 23.6 Å². The molecule has 1 aliphatic rings. The van der Waals surface area contributed by atoms with Gasteiger partial charge >= 0.3 is 7.12 Å². The van der Waals surface area contributed by atoms with Gasteiger partial charge in [-0.3, -0.25) is 0 Å². The second-order valence-corrected chi connectivity index (χ2v) is 6.40. The third-order valence-corrected chi connectivity index (χ3v) is 4.35. The SMILES string of the molecule is Cc1nc2cccc(B3OC(C)(C)C(C)(C)O3)c2nc1F. The van der Waals surface area contributed by atoms with Gasteiger partial charge in [-0.2, -0.15) is 4.39 Å². The van der Waals surface area contributed by atoms with Crippen molar-refractivity contribution in [1.82, 2.24) is 9.97 Å². The molecule has 0 unspecified atom stereocenters. The molecule has 1 aliphatic heterocycles. The number of aromatic nitrogens is 2. The summed E-state index contributed by atoms with van der Waals surface area (Å²) >= 11 is 0. The highest BCUT2D eigenvalue weighted by Crippen LogP contribution is 2.36. The highest BCUT2D eigenvalue weighted by atomic mass is 19.1. The topological polar surface area (TPSA) is 44.2 Å². The molecule has 21 heavy (non-hydrogen) atoms. The molecular weight excluding hydrogens is 270 g/mol. The molecule has 6 heteroatoms. The lowest BCUT2D eigenvalue weighted by Gasteiger charge is -2.32. The predicted octanol–water partition coefficient (Wildman–Crippen LogP) is 2.38. The van der Waals surface area contributed by atoms with Crippen molar-refractivity contribution in [3.63, 3.8) is 0 Å². The fourth-order valence-corrected chi connectivity index (χ4v) is 2.33. The Balaban J connectivity index is 2.12. The van der Waals surface area contributed by atoms with E-state index in [4.69, 9.17) is 9.31 Å². The molecule has 0 aliphatic carbocycles. The number of fused-ring (bicyclic) bond motifs is 1. The maximum Gasteiger partial charge on any atom is 0.497 e. The van der Waals surface area contributed by atoms with Gasteiger partial charge in [-0.25, -0.2) is 9.97 Å². The summed E-state index contributed by atoms with van der Waals surface area (Å²) in [6.07, 6.45) is 0. The number of nitrogens with zero attached hydrogens (tertiary/aromatic N) is 2. The van der Waals surface area contributed by atoms with Gasteiger partial charge in [0, 0.05) is 5.46 Å². The summed E-state index contributed by atoms with van der Waals surface area (Å²) in [5.41, 5.74) is 1.22. The van der Waals surface area contributed by atoms with Gasteiger partial charge in [-0.15, -0.1) is 0 Å². The third-order valence-electron chi connectivity index (χ3n) is 4.35. The Morgan fingerprint density at radius 3 is 2.29 bits per heavy atom. The molecule has 0 saturated carbocycles. The molecule has 1 saturated heterocycles. The maximum atomic E-state index is 13.8. The Kier molecular flexibility index (Phi) is 3.08. The van der Waals surface area contributed by atoms with Gasteiger partial charge in [0.2, 0.25) is 5.95 Å². The Labute approximate surface area is 123 Å². The zero-order valence-electron chi connectivity index (χ0n) is 12.9. The molecule has 1 aromatic carbocycles. The van der Waals surface area contributed by atoms with E-state index in [0.29, 0.717) is 16.5 Å². The quantitative estimate of drug-likeness (QED) is 0.756. The lowest BCUT2D eigenvalue weighted by atomic mass is 9.78. The summed E-state index contributed by atoms with van der Waals surface area (Å²) in [4.78, 5) is 8.26. The smallest absolute Gasteiger partial charge is 0.399 e. The number of para-hydroxylation sites is 1. The van der Waals surface area contributed by atoms with Crippen molar-refractivity contribution in [3.05, 3.63) is 29.8 Å². The normalized spacial score (nSPS) is 20.2. The lowest BCUT2D eigenvalue weighted by Crippen LogP contribution is -2.41. The molecular formula is C15H18BFN2O2. The van der Waals surface area contributed by atoms with Crippen molar-refractivity contribution in [2.24, 2.45) is 0 Å². The summed E-state index contributed by atoms with van der Waals surface area (Å²) in [7, 11) is -0.574. The zero-order valence-corrected chi connectivity index (χ0v) is 12.9. The van der Waals surface area contributed by atoms with Crippen LogP contribution in [0.25, 0.3) is 11.0 Å². The maximum absolute atomic E-state index is 13.8. The van der Waals surface area contributed by atoms with Crippen LogP contribution in [0, 0.1) is 12.9 Å². The van der Waals surface area contributed by atoms with Crippen molar-refractivity contribution < 1.29 is 13.7 Å². The summed E-state index contributed by atoms with van der Waals surface area (Å²) in [6, 6.07) is 5.51. The highest BCUT2D eigenvalue weighted by Gasteiger charge is 2.52. The average molecular weight is 288 g/mol. The van der Waals surface area contributed by atoms with Gasteiger partial charge in [-0.05, 0) is 40.7 Å². The second kappa shape index (κ2) is 4.48. The zero-order chi connectivity index (χ0) is 15.4. The number of benzene rings is 1. The van der Waals surface area contributed by atoms with Crippen LogP contribution in [0.1, 0.15) is 33.4 Å². The number of halogens is 1. The molecule has 1 fully saturated rings. The molecule has 3 rings (SSSR count). The van der Waals surface area contributed by atoms with E-state index in [0.717, 1.165) is 0 Å². The monoisotopic (exact) mass is 288 g/mol. The molecule has 2 aromatic rings. The highest BCUT2D eigenvalue weighted by molar-refractivity contribution is 6.64. The molecule has 0 spiro atoms. The molecule has 0 radical (unpaired) electrons. The molecule has 0 bridgehead atoms. The fourth-order valence-electron chi connectivity index (χ4n) is 2.33.